The van der Waals surface area contributed by atoms with Crippen molar-refractivity contribution in [1.82, 2.24) is 4.57 Å². The Kier molecular flexibility index (Phi) is 5.37. The number of nitrogens with zero attached hydrogens (tertiary/aromatic N) is 1. The lowest BCUT2D eigenvalue weighted by Gasteiger charge is -2.13. The summed E-state index contributed by atoms with van der Waals surface area (Å²) in [5, 5.41) is 2.07. The van der Waals surface area contributed by atoms with E-state index in [9.17, 15) is 9.59 Å². The van der Waals surface area contributed by atoms with Gasteiger partial charge in [0.25, 0.3) is 0 Å². The number of ketones is 1. The maximum Gasteiger partial charge on any atom is 0.313 e. The molecule has 1 aromatic heterocycles. The zero-order chi connectivity index (χ0) is 21.4. The number of Topliss-reactive ketones (excluding diaryl/α,β-unsaturated/α-hetero) is 1. The second-order valence-corrected chi connectivity index (χ2v) is 8.11. The van der Waals surface area contributed by atoms with Crippen LogP contribution in [0.4, 0.5) is 0 Å². The number of ether oxygens (including phenoxy) is 2. The summed E-state index contributed by atoms with van der Waals surface area (Å²) in [6, 6.07) is 14.1. The molecule has 5 heteroatoms. The van der Waals surface area contributed by atoms with Gasteiger partial charge in [-0.1, -0.05) is 24.3 Å². The van der Waals surface area contributed by atoms with Crippen molar-refractivity contribution in [3.63, 3.8) is 0 Å². The number of carbonyl (C=O) groups excluding carboxylic acids is 2. The van der Waals surface area contributed by atoms with Crippen LogP contribution in [0.5, 0.6) is 5.75 Å². The summed E-state index contributed by atoms with van der Waals surface area (Å²) in [7, 11) is 1.64. The Hall–Kier alpha value is -3.08. The van der Waals surface area contributed by atoms with Crippen molar-refractivity contribution in [2.24, 2.45) is 0 Å². The Morgan fingerprint density at radius 1 is 1.07 bits per heavy atom. The molecular formula is C25H27NO4. The van der Waals surface area contributed by atoms with Gasteiger partial charge in [-0.25, -0.2) is 0 Å². The van der Waals surface area contributed by atoms with Crippen LogP contribution in [0, 0.1) is 13.8 Å². The predicted octanol–water partition coefficient (Wildman–Crippen LogP) is 5.13. The molecule has 0 radical (unpaired) electrons. The van der Waals surface area contributed by atoms with Crippen LogP contribution in [-0.2, 0) is 9.53 Å². The van der Waals surface area contributed by atoms with Gasteiger partial charge in [0, 0.05) is 23.0 Å². The van der Waals surface area contributed by atoms with Crippen molar-refractivity contribution in [3.8, 4) is 5.75 Å². The third kappa shape index (κ3) is 3.84. The molecule has 1 atom stereocenters. The van der Waals surface area contributed by atoms with Gasteiger partial charge >= 0.3 is 5.97 Å². The highest BCUT2D eigenvalue weighted by Gasteiger charge is 2.28. The van der Waals surface area contributed by atoms with Gasteiger partial charge in [-0.2, -0.15) is 0 Å². The van der Waals surface area contributed by atoms with E-state index in [2.05, 4.69) is 4.57 Å². The summed E-state index contributed by atoms with van der Waals surface area (Å²) in [5.74, 6) is -0.209. The van der Waals surface area contributed by atoms with Gasteiger partial charge in [-0.3, -0.25) is 9.59 Å². The minimum atomic E-state index is -0.455. The van der Waals surface area contributed by atoms with Crippen LogP contribution >= 0.6 is 0 Å². The lowest BCUT2D eigenvalue weighted by Crippen LogP contribution is -2.19. The van der Waals surface area contributed by atoms with Crippen molar-refractivity contribution in [2.75, 3.05) is 13.7 Å². The summed E-state index contributed by atoms with van der Waals surface area (Å²) in [4.78, 5) is 25.3. The molecule has 2 aromatic carbocycles. The molecular weight excluding hydrogens is 378 g/mol. The average molecular weight is 405 g/mol. The SMILES string of the molecule is COc1ccc2cc([C@H](C)C(=O)OCC(=O)c3cc(C)n(C4CC4)c3C)ccc2c1. The van der Waals surface area contributed by atoms with E-state index in [0.717, 1.165) is 46.3 Å². The molecule has 3 aromatic rings. The number of rotatable bonds is 7. The van der Waals surface area contributed by atoms with Crippen LogP contribution in [0.1, 0.15) is 59.0 Å². The number of aromatic nitrogens is 1. The van der Waals surface area contributed by atoms with Crippen LogP contribution in [-0.4, -0.2) is 30.0 Å². The molecule has 1 aliphatic carbocycles. The third-order valence-corrected chi connectivity index (χ3v) is 5.97. The Labute approximate surface area is 176 Å². The first-order valence-corrected chi connectivity index (χ1v) is 10.3. The molecule has 4 rings (SSSR count). The number of hydrogen-bond donors (Lipinski definition) is 0. The van der Waals surface area contributed by atoms with Gasteiger partial charge < -0.3 is 14.0 Å². The lowest BCUT2D eigenvalue weighted by atomic mass is 9.98. The van der Waals surface area contributed by atoms with E-state index in [4.69, 9.17) is 9.47 Å². The number of aryl methyl sites for hydroxylation is 1. The number of hydrogen-bond acceptors (Lipinski definition) is 4. The highest BCUT2D eigenvalue weighted by atomic mass is 16.5. The molecule has 0 spiro atoms. The van der Waals surface area contributed by atoms with E-state index < -0.39 is 11.9 Å². The van der Waals surface area contributed by atoms with Crippen LogP contribution in [0.15, 0.2) is 42.5 Å². The van der Waals surface area contributed by atoms with Gasteiger partial charge in [0.05, 0.1) is 13.0 Å². The molecule has 0 amide bonds. The van der Waals surface area contributed by atoms with E-state index in [1.54, 1.807) is 14.0 Å². The van der Waals surface area contributed by atoms with Crippen molar-refractivity contribution >= 4 is 22.5 Å². The molecule has 0 aliphatic heterocycles. The highest BCUT2D eigenvalue weighted by molar-refractivity contribution is 5.99. The molecule has 0 unspecified atom stereocenters. The van der Waals surface area contributed by atoms with Crippen molar-refractivity contribution < 1.29 is 19.1 Å². The van der Waals surface area contributed by atoms with Crippen molar-refractivity contribution in [1.29, 1.82) is 0 Å². The summed E-state index contributed by atoms with van der Waals surface area (Å²) in [5.41, 5.74) is 3.57. The third-order valence-electron chi connectivity index (χ3n) is 5.97. The normalized spacial score (nSPS) is 14.5. The number of fused-ring (bicyclic) bond motifs is 1. The fraction of sp³-hybridized carbons (Fsp3) is 0.360. The molecule has 1 aliphatic rings. The topological polar surface area (TPSA) is 57.5 Å². The van der Waals surface area contributed by atoms with E-state index in [1.807, 2.05) is 56.3 Å². The minimum absolute atomic E-state index is 0.152. The molecule has 1 saturated carbocycles. The first-order chi connectivity index (χ1) is 14.4. The quantitative estimate of drug-likeness (QED) is 0.404. The van der Waals surface area contributed by atoms with E-state index in [0.29, 0.717) is 11.6 Å². The van der Waals surface area contributed by atoms with Gasteiger partial charge in [0.1, 0.15) is 5.75 Å². The average Bonchev–Trinajstić information content (AvgIpc) is 3.54. The predicted molar refractivity (Wildman–Crippen MR) is 116 cm³/mol. The maximum atomic E-state index is 12.7. The van der Waals surface area contributed by atoms with Crippen LogP contribution < -0.4 is 4.74 Å². The smallest absolute Gasteiger partial charge is 0.313 e. The monoisotopic (exact) mass is 405 g/mol. The fourth-order valence-corrected chi connectivity index (χ4v) is 4.07. The maximum absolute atomic E-state index is 12.7. The van der Waals surface area contributed by atoms with Crippen molar-refractivity contribution in [3.05, 3.63) is 65.0 Å². The second-order valence-electron chi connectivity index (χ2n) is 8.11. The Bertz CT molecular complexity index is 1120. The summed E-state index contributed by atoms with van der Waals surface area (Å²) in [6.07, 6.45) is 2.32. The van der Waals surface area contributed by atoms with Crippen LogP contribution in [0.2, 0.25) is 0 Å². The summed E-state index contributed by atoms with van der Waals surface area (Å²) < 4.78 is 12.9. The number of benzene rings is 2. The second kappa shape index (κ2) is 7.98. The van der Waals surface area contributed by atoms with Gasteiger partial charge in [-0.05, 0) is 68.1 Å². The molecule has 0 saturated heterocycles. The first-order valence-electron chi connectivity index (χ1n) is 10.3. The van der Waals surface area contributed by atoms with Gasteiger partial charge in [0.15, 0.2) is 6.61 Å². The zero-order valence-electron chi connectivity index (χ0n) is 17.9. The summed E-state index contributed by atoms with van der Waals surface area (Å²) in [6.45, 7) is 5.55. The van der Waals surface area contributed by atoms with Gasteiger partial charge in [0.2, 0.25) is 5.78 Å². The standard InChI is InChI=1S/C25H27NO4/c1-15-11-23(17(3)26(15)21-8-9-21)24(27)14-30-25(28)16(2)18-5-6-20-13-22(29-4)10-7-19(20)12-18/h5-7,10-13,16,21H,8-9,14H2,1-4H3/t16-/m0/s1. The van der Waals surface area contributed by atoms with Gasteiger partial charge in [-0.15, -0.1) is 0 Å². The molecule has 0 bridgehead atoms. The Balaban J connectivity index is 1.43. The number of esters is 1. The first kappa shape index (κ1) is 20.2. The van der Waals surface area contributed by atoms with E-state index in [-0.39, 0.29) is 12.4 Å². The van der Waals surface area contributed by atoms with Crippen LogP contribution in [0.25, 0.3) is 10.8 Å². The molecule has 30 heavy (non-hydrogen) atoms. The van der Waals surface area contributed by atoms with Crippen molar-refractivity contribution in [2.45, 2.75) is 45.6 Å². The Morgan fingerprint density at radius 2 is 1.77 bits per heavy atom. The molecule has 0 N–H and O–H groups in total. The molecule has 1 heterocycles. The zero-order valence-corrected chi connectivity index (χ0v) is 17.9. The van der Waals surface area contributed by atoms with E-state index in [1.165, 1.54) is 0 Å². The van der Waals surface area contributed by atoms with E-state index >= 15 is 0 Å². The highest BCUT2D eigenvalue weighted by Crippen LogP contribution is 2.38. The fourth-order valence-electron chi connectivity index (χ4n) is 4.07. The largest absolute Gasteiger partial charge is 0.497 e. The minimum Gasteiger partial charge on any atom is -0.497 e. The summed E-state index contributed by atoms with van der Waals surface area (Å²) >= 11 is 0. The molecule has 5 nitrogen and oxygen atoms in total. The Morgan fingerprint density at radius 3 is 2.47 bits per heavy atom. The molecule has 1 fully saturated rings. The van der Waals surface area contributed by atoms with Crippen LogP contribution in [0.3, 0.4) is 0 Å². The number of methoxy groups -OCH3 is 1. The molecule has 156 valence electrons. The number of carbonyl (C=O) groups is 2. The lowest BCUT2D eigenvalue weighted by molar-refractivity contribution is -0.143.